The van der Waals surface area contributed by atoms with Crippen molar-refractivity contribution in [2.75, 3.05) is 13.7 Å². The smallest absolute Gasteiger partial charge is 0.127 e. The third kappa shape index (κ3) is 2.73. The molecule has 0 heterocycles. The van der Waals surface area contributed by atoms with Crippen molar-refractivity contribution in [3.8, 4) is 5.75 Å². The molecule has 1 atom stereocenters. The fourth-order valence-electron chi connectivity index (χ4n) is 3.78. The quantitative estimate of drug-likeness (QED) is 0.588. The SMILES string of the molecule is CCOC1C(c2ccccc2)=C(c2ccccc2)c2c(OC)cccc21. The zero-order valence-corrected chi connectivity index (χ0v) is 15.1. The predicted octanol–water partition coefficient (Wildman–Crippen LogP) is 5.75. The largest absolute Gasteiger partial charge is 0.496 e. The van der Waals surface area contributed by atoms with E-state index in [1.807, 2.05) is 31.2 Å². The van der Waals surface area contributed by atoms with Crippen molar-refractivity contribution < 1.29 is 9.47 Å². The highest BCUT2D eigenvalue weighted by Gasteiger charge is 2.35. The molecule has 3 aromatic rings. The van der Waals surface area contributed by atoms with Gasteiger partial charge in [-0.2, -0.15) is 0 Å². The molecular formula is C24H22O2. The average molecular weight is 342 g/mol. The van der Waals surface area contributed by atoms with Crippen LogP contribution >= 0.6 is 0 Å². The standard InChI is InChI=1S/C24H22O2/c1-3-26-24-19-15-10-16-20(25-2)23(19)21(17-11-6-4-7-12-17)22(24)18-13-8-5-9-14-18/h4-16,24H,3H2,1-2H3. The maximum Gasteiger partial charge on any atom is 0.127 e. The summed E-state index contributed by atoms with van der Waals surface area (Å²) < 4.78 is 12.0. The lowest BCUT2D eigenvalue weighted by Crippen LogP contribution is -2.04. The number of rotatable bonds is 5. The molecule has 0 spiro atoms. The van der Waals surface area contributed by atoms with Gasteiger partial charge in [0.1, 0.15) is 11.9 Å². The van der Waals surface area contributed by atoms with Gasteiger partial charge in [-0.25, -0.2) is 0 Å². The summed E-state index contributed by atoms with van der Waals surface area (Å²) in [6.45, 7) is 2.70. The van der Waals surface area contributed by atoms with Gasteiger partial charge in [-0.3, -0.25) is 0 Å². The fourth-order valence-corrected chi connectivity index (χ4v) is 3.78. The Hall–Kier alpha value is -2.84. The lowest BCUT2D eigenvalue weighted by Gasteiger charge is -2.17. The molecule has 1 aliphatic rings. The van der Waals surface area contributed by atoms with E-state index in [0.717, 1.165) is 11.3 Å². The topological polar surface area (TPSA) is 18.5 Å². The maximum absolute atomic E-state index is 6.23. The van der Waals surface area contributed by atoms with Crippen LogP contribution in [0.3, 0.4) is 0 Å². The lowest BCUT2D eigenvalue weighted by atomic mass is 9.93. The first kappa shape index (κ1) is 16.6. The van der Waals surface area contributed by atoms with Gasteiger partial charge in [0, 0.05) is 17.7 Å². The summed E-state index contributed by atoms with van der Waals surface area (Å²) in [5.74, 6) is 0.886. The van der Waals surface area contributed by atoms with Crippen LogP contribution < -0.4 is 4.74 Å². The van der Waals surface area contributed by atoms with Crippen LogP contribution in [-0.4, -0.2) is 13.7 Å². The zero-order chi connectivity index (χ0) is 17.9. The number of fused-ring (bicyclic) bond motifs is 1. The number of hydrogen-bond donors (Lipinski definition) is 0. The van der Waals surface area contributed by atoms with Gasteiger partial charge in [0.25, 0.3) is 0 Å². The van der Waals surface area contributed by atoms with Gasteiger partial charge in [0.15, 0.2) is 0 Å². The predicted molar refractivity (Wildman–Crippen MR) is 106 cm³/mol. The van der Waals surface area contributed by atoms with Crippen molar-refractivity contribution in [1.29, 1.82) is 0 Å². The lowest BCUT2D eigenvalue weighted by molar-refractivity contribution is 0.105. The molecule has 0 fully saturated rings. The Kier molecular flexibility index (Phi) is 4.59. The first-order valence-electron chi connectivity index (χ1n) is 8.99. The van der Waals surface area contributed by atoms with E-state index < -0.39 is 0 Å². The van der Waals surface area contributed by atoms with E-state index in [1.54, 1.807) is 7.11 Å². The van der Waals surface area contributed by atoms with Gasteiger partial charge in [0.2, 0.25) is 0 Å². The molecular weight excluding hydrogens is 320 g/mol. The van der Waals surface area contributed by atoms with Crippen LogP contribution in [0.15, 0.2) is 78.9 Å². The van der Waals surface area contributed by atoms with Crippen molar-refractivity contribution >= 4 is 11.1 Å². The monoisotopic (exact) mass is 342 g/mol. The Balaban J connectivity index is 2.06. The summed E-state index contributed by atoms with van der Waals surface area (Å²) in [4.78, 5) is 0. The van der Waals surface area contributed by atoms with E-state index >= 15 is 0 Å². The van der Waals surface area contributed by atoms with Gasteiger partial charge < -0.3 is 9.47 Å². The number of hydrogen-bond acceptors (Lipinski definition) is 2. The van der Waals surface area contributed by atoms with E-state index in [-0.39, 0.29) is 6.10 Å². The van der Waals surface area contributed by atoms with Gasteiger partial charge >= 0.3 is 0 Å². The minimum absolute atomic E-state index is 0.0947. The van der Waals surface area contributed by atoms with Crippen LogP contribution in [0.2, 0.25) is 0 Å². The summed E-state index contributed by atoms with van der Waals surface area (Å²) >= 11 is 0. The first-order valence-corrected chi connectivity index (χ1v) is 8.99. The molecule has 0 aliphatic heterocycles. The van der Waals surface area contributed by atoms with Crippen molar-refractivity contribution in [2.45, 2.75) is 13.0 Å². The highest BCUT2D eigenvalue weighted by Crippen LogP contribution is 2.52. The molecule has 130 valence electrons. The second-order valence-electron chi connectivity index (χ2n) is 6.28. The van der Waals surface area contributed by atoms with Crippen LogP contribution in [-0.2, 0) is 4.74 Å². The number of benzene rings is 3. The van der Waals surface area contributed by atoms with Crippen molar-refractivity contribution in [3.63, 3.8) is 0 Å². The summed E-state index contributed by atoms with van der Waals surface area (Å²) in [7, 11) is 1.73. The molecule has 2 nitrogen and oxygen atoms in total. The summed E-state index contributed by atoms with van der Waals surface area (Å²) in [5, 5.41) is 0. The van der Waals surface area contributed by atoms with Crippen molar-refractivity contribution in [3.05, 3.63) is 101 Å². The number of methoxy groups -OCH3 is 1. The molecule has 1 unspecified atom stereocenters. The van der Waals surface area contributed by atoms with E-state index in [1.165, 1.54) is 27.8 Å². The van der Waals surface area contributed by atoms with E-state index in [2.05, 4.69) is 54.6 Å². The van der Waals surface area contributed by atoms with Crippen molar-refractivity contribution in [2.24, 2.45) is 0 Å². The molecule has 0 aromatic heterocycles. The Labute approximate surface area is 154 Å². The second-order valence-corrected chi connectivity index (χ2v) is 6.28. The molecule has 0 saturated heterocycles. The molecule has 2 heteroatoms. The Morgan fingerprint density at radius 2 is 1.42 bits per heavy atom. The highest BCUT2D eigenvalue weighted by molar-refractivity contribution is 6.06. The van der Waals surface area contributed by atoms with Gasteiger partial charge in [-0.05, 0) is 35.3 Å². The molecule has 0 radical (unpaired) electrons. The number of ether oxygens (including phenoxy) is 2. The summed E-state index contributed by atoms with van der Waals surface area (Å²) in [6.07, 6.45) is -0.0947. The molecule has 0 saturated carbocycles. The normalized spacial score (nSPS) is 15.8. The molecule has 0 N–H and O–H groups in total. The van der Waals surface area contributed by atoms with Crippen LogP contribution in [0.25, 0.3) is 11.1 Å². The highest BCUT2D eigenvalue weighted by atomic mass is 16.5. The summed E-state index contributed by atoms with van der Waals surface area (Å²) in [6, 6.07) is 27.2. The third-order valence-corrected chi connectivity index (χ3v) is 4.82. The van der Waals surface area contributed by atoms with Crippen molar-refractivity contribution in [1.82, 2.24) is 0 Å². The zero-order valence-electron chi connectivity index (χ0n) is 15.1. The Bertz CT molecular complexity index is 927. The van der Waals surface area contributed by atoms with Crippen LogP contribution in [0.5, 0.6) is 5.75 Å². The fraction of sp³-hybridized carbons (Fsp3) is 0.167. The molecule has 0 amide bonds. The van der Waals surface area contributed by atoms with Crippen LogP contribution in [0, 0.1) is 0 Å². The summed E-state index contributed by atoms with van der Waals surface area (Å²) in [5.41, 5.74) is 7.07. The Morgan fingerprint density at radius 3 is 2.04 bits per heavy atom. The second kappa shape index (κ2) is 7.19. The van der Waals surface area contributed by atoms with Crippen LogP contribution in [0.1, 0.15) is 35.3 Å². The molecule has 4 rings (SSSR count). The maximum atomic E-state index is 6.23. The van der Waals surface area contributed by atoms with Gasteiger partial charge in [0.05, 0.1) is 7.11 Å². The van der Waals surface area contributed by atoms with E-state index in [0.29, 0.717) is 6.61 Å². The van der Waals surface area contributed by atoms with Gasteiger partial charge in [-0.1, -0.05) is 72.8 Å². The van der Waals surface area contributed by atoms with Crippen LogP contribution in [0.4, 0.5) is 0 Å². The average Bonchev–Trinajstić information content (AvgIpc) is 3.04. The molecule has 3 aromatic carbocycles. The van der Waals surface area contributed by atoms with E-state index in [9.17, 15) is 0 Å². The molecule has 1 aliphatic carbocycles. The Morgan fingerprint density at radius 1 is 0.769 bits per heavy atom. The minimum atomic E-state index is -0.0947. The molecule has 26 heavy (non-hydrogen) atoms. The first-order chi connectivity index (χ1) is 12.8. The minimum Gasteiger partial charge on any atom is -0.496 e. The molecule has 0 bridgehead atoms. The van der Waals surface area contributed by atoms with E-state index in [4.69, 9.17) is 9.47 Å². The van der Waals surface area contributed by atoms with Gasteiger partial charge in [-0.15, -0.1) is 0 Å². The third-order valence-electron chi connectivity index (χ3n) is 4.82.